The van der Waals surface area contributed by atoms with Crippen molar-refractivity contribution in [3.8, 4) is 0 Å². The van der Waals surface area contributed by atoms with E-state index >= 15 is 0 Å². The molecule has 0 aromatic carbocycles. The van der Waals surface area contributed by atoms with Gasteiger partial charge in [0.25, 0.3) is 0 Å². The van der Waals surface area contributed by atoms with Crippen molar-refractivity contribution in [1.82, 2.24) is 5.32 Å². The lowest BCUT2D eigenvalue weighted by Crippen LogP contribution is -2.38. The fourth-order valence-corrected chi connectivity index (χ4v) is 1.55. The average Bonchev–Trinajstić information content (AvgIpc) is 2.22. The zero-order valence-corrected chi connectivity index (χ0v) is 10.0. The number of rotatable bonds is 10. The number of hydrogen-bond donors (Lipinski definition) is 3. The smallest absolute Gasteiger partial charge is 0.0664 e. The molecule has 2 unspecified atom stereocenters. The summed E-state index contributed by atoms with van der Waals surface area (Å²) in [6.07, 6.45) is 3.62. The maximum atomic E-state index is 9.56. The van der Waals surface area contributed by atoms with Gasteiger partial charge in [-0.15, -0.1) is 0 Å². The van der Waals surface area contributed by atoms with Gasteiger partial charge in [-0.1, -0.05) is 13.3 Å². The molecule has 0 heterocycles. The number of methoxy groups -OCH3 is 1. The number of hydrogen-bond acceptors (Lipinski definition) is 4. The number of ether oxygens (including phenoxy) is 1. The van der Waals surface area contributed by atoms with E-state index in [4.69, 9.17) is 10.5 Å². The molecule has 4 N–H and O–H groups in total. The van der Waals surface area contributed by atoms with Gasteiger partial charge in [0.05, 0.1) is 12.7 Å². The third-order valence-electron chi connectivity index (χ3n) is 2.39. The highest BCUT2D eigenvalue weighted by molar-refractivity contribution is 4.69. The molecule has 0 aromatic rings. The number of aliphatic hydroxyl groups excluding tert-OH is 1. The van der Waals surface area contributed by atoms with Gasteiger partial charge in [0.1, 0.15) is 0 Å². The van der Waals surface area contributed by atoms with Crippen LogP contribution >= 0.6 is 0 Å². The zero-order chi connectivity index (χ0) is 11.5. The van der Waals surface area contributed by atoms with Crippen molar-refractivity contribution in [3.63, 3.8) is 0 Å². The molecule has 92 valence electrons. The minimum Gasteiger partial charge on any atom is -0.392 e. The van der Waals surface area contributed by atoms with Gasteiger partial charge in [-0.2, -0.15) is 0 Å². The van der Waals surface area contributed by atoms with Crippen LogP contribution in [0.15, 0.2) is 0 Å². The van der Waals surface area contributed by atoms with Crippen LogP contribution in [0.2, 0.25) is 0 Å². The Hall–Kier alpha value is -0.160. The van der Waals surface area contributed by atoms with Crippen LogP contribution in [0.5, 0.6) is 0 Å². The van der Waals surface area contributed by atoms with Gasteiger partial charge in [0.2, 0.25) is 0 Å². The molecule has 2 atom stereocenters. The van der Waals surface area contributed by atoms with E-state index in [0.29, 0.717) is 25.7 Å². The normalized spacial score (nSPS) is 15.2. The first-order chi connectivity index (χ1) is 7.24. The summed E-state index contributed by atoms with van der Waals surface area (Å²) in [5, 5.41) is 12.9. The molecule has 0 radical (unpaired) electrons. The van der Waals surface area contributed by atoms with Crippen molar-refractivity contribution in [1.29, 1.82) is 0 Å². The monoisotopic (exact) mass is 218 g/mol. The van der Waals surface area contributed by atoms with Crippen molar-refractivity contribution in [2.45, 2.75) is 44.8 Å². The van der Waals surface area contributed by atoms with Crippen molar-refractivity contribution in [2.75, 3.05) is 26.8 Å². The summed E-state index contributed by atoms with van der Waals surface area (Å²) in [6, 6.07) is 0.310. The molecule has 0 aromatic heterocycles. The predicted molar refractivity (Wildman–Crippen MR) is 62.9 cm³/mol. The molecule has 4 heteroatoms. The lowest BCUT2D eigenvalue weighted by atomic mass is 10.1. The molecular formula is C11H26N2O2. The summed E-state index contributed by atoms with van der Waals surface area (Å²) in [6.45, 7) is 4.11. The Kier molecular flexibility index (Phi) is 10.3. The minimum absolute atomic E-state index is 0.243. The van der Waals surface area contributed by atoms with E-state index in [1.165, 1.54) is 0 Å². The molecule has 0 bridgehead atoms. The molecule has 15 heavy (non-hydrogen) atoms. The Morgan fingerprint density at radius 3 is 2.67 bits per heavy atom. The number of nitrogens with one attached hydrogen (secondary N) is 1. The molecule has 0 fully saturated rings. The van der Waals surface area contributed by atoms with Gasteiger partial charge < -0.3 is 20.9 Å². The van der Waals surface area contributed by atoms with Gasteiger partial charge in [0.15, 0.2) is 0 Å². The number of aliphatic hydroxyl groups is 1. The van der Waals surface area contributed by atoms with E-state index < -0.39 is 0 Å². The van der Waals surface area contributed by atoms with Gasteiger partial charge in [-0.3, -0.25) is 0 Å². The third kappa shape index (κ3) is 8.81. The molecule has 0 saturated heterocycles. The van der Waals surface area contributed by atoms with Crippen molar-refractivity contribution in [2.24, 2.45) is 5.73 Å². The van der Waals surface area contributed by atoms with Crippen LogP contribution < -0.4 is 11.1 Å². The SMILES string of the molecule is CCCC(O)CNC(CCCN)COC. The fourth-order valence-electron chi connectivity index (χ4n) is 1.55. The van der Waals surface area contributed by atoms with Crippen molar-refractivity contribution < 1.29 is 9.84 Å². The second kappa shape index (κ2) is 10.4. The highest BCUT2D eigenvalue weighted by atomic mass is 16.5. The second-order valence-corrected chi connectivity index (χ2v) is 3.93. The Bertz CT molecular complexity index is 134. The standard InChI is InChI=1S/C11H26N2O2/c1-3-5-11(14)8-13-10(9-15-2)6-4-7-12/h10-11,13-14H,3-9,12H2,1-2H3. The molecule has 0 aliphatic carbocycles. The third-order valence-corrected chi connectivity index (χ3v) is 2.39. The summed E-state index contributed by atoms with van der Waals surface area (Å²) in [4.78, 5) is 0. The Balaban J connectivity index is 3.63. The van der Waals surface area contributed by atoms with E-state index in [2.05, 4.69) is 12.2 Å². The summed E-state index contributed by atoms with van der Waals surface area (Å²) >= 11 is 0. The Labute approximate surface area is 93.2 Å². The van der Waals surface area contributed by atoms with E-state index in [-0.39, 0.29) is 6.10 Å². The summed E-state index contributed by atoms with van der Waals surface area (Å²) in [5.74, 6) is 0. The first kappa shape index (κ1) is 14.8. The molecule has 0 spiro atoms. The van der Waals surface area contributed by atoms with Crippen LogP contribution in [0.3, 0.4) is 0 Å². The molecular weight excluding hydrogens is 192 g/mol. The van der Waals surface area contributed by atoms with Gasteiger partial charge in [0, 0.05) is 19.7 Å². The van der Waals surface area contributed by atoms with Crippen molar-refractivity contribution in [3.05, 3.63) is 0 Å². The summed E-state index contributed by atoms with van der Waals surface area (Å²) < 4.78 is 5.11. The molecule has 0 saturated carbocycles. The van der Waals surface area contributed by atoms with Crippen LogP contribution in [-0.4, -0.2) is 44.1 Å². The predicted octanol–water partition coefficient (Wildman–Crippen LogP) is 0.491. The van der Waals surface area contributed by atoms with E-state index in [0.717, 1.165) is 25.7 Å². The zero-order valence-electron chi connectivity index (χ0n) is 10.0. The van der Waals surface area contributed by atoms with Crippen LogP contribution in [0.25, 0.3) is 0 Å². The Morgan fingerprint density at radius 2 is 2.13 bits per heavy atom. The molecule has 4 nitrogen and oxygen atoms in total. The number of nitrogens with two attached hydrogens (primary N) is 1. The lowest BCUT2D eigenvalue weighted by Gasteiger charge is -2.19. The van der Waals surface area contributed by atoms with E-state index in [1.807, 2.05) is 0 Å². The van der Waals surface area contributed by atoms with Crippen LogP contribution in [0.1, 0.15) is 32.6 Å². The minimum atomic E-state index is -0.243. The second-order valence-electron chi connectivity index (χ2n) is 3.93. The largest absolute Gasteiger partial charge is 0.392 e. The molecule has 0 aliphatic heterocycles. The topological polar surface area (TPSA) is 67.5 Å². The average molecular weight is 218 g/mol. The first-order valence-corrected chi connectivity index (χ1v) is 5.85. The lowest BCUT2D eigenvalue weighted by molar-refractivity contribution is 0.130. The maximum absolute atomic E-state index is 9.56. The highest BCUT2D eigenvalue weighted by Gasteiger charge is 2.09. The van der Waals surface area contributed by atoms with E-state index in [9.17, 15) is 5.11 Å². The van der Waals surface area contributed by atoms with Gasteiger partial charge >= 0.3 is 0 Å². The maximum Gasteiger partial charge on any atom is 0.0664 e. The molecule has 0 amide bonds. The van der Waals surface area contributed by atoms with Gasteiger partial charge in [-0.05, 0) is 25.8 Å². The first-order valence-electron chi connectivity index (χ1n) is 5.85. The van der Waals surface area contributed by atoms with Crippen LogP contribution in [-0.2, 0) is 4.74 Å². The van der Waals surface area contributed by atoms with Crippen LogP contribution in [0, 0.1) is 0 Å². The molecule has 0 rings (SSSR count). The van der Waals surface area contributed by atoms with Gasteiger partial charge in [-0.25, -0.2) is 0 Å². The van der Waals surface area contributed by atoms with Crippen LogP contribution in [0.4, 0.5) is 0 Å². The van der Waals surface area contributed by atoms with Crippen molar-refractivity contribution >= 4 is 0 Å². The fraction of sp³-hybridized carbons (Fsp3) is 1.00. The summed E-state index contributed by atoms with van der Waals surface area (Å²) in [5.41, 5.74) is 5.46. The summed E-state index contributed by atoms with van der Waals surface area (Å²) in [7, 11) is 1.69. The molecule has 0 aliphatic rings. The Morgan fingerprint density at radius 1 is 1.40 bits per heavy atom. The highest BCUT2D eigenvalue weighted by Crippen LogP contribution is 1.99. The quantitative estimate of drug-likeness (QED) is 0.499. The van der Waals surface area contributed by atoms with E-state index in [1.54, 1.807) is 7.11 Å².